The maximum atomic E-state index is 5.98. The second-order valence-electron chi connectivity index (χ2n) is 17.0. The van der Waals surface area contributed by atoms with Gasteiger partial charge in [-0.1, -0.05) is 139 Å². The van der Waals surface area contributed by atoms with Crippen molar-refractivity contribution in [2.45, 2.75) is 93.7 Å². The zero-order valence-electron chi connectivity index (χ0n) is 34.2. The SMILES string of the molecule is Cc1ccccc1-c1cccc2[cH-]c(CC(C)C)cc12.Cc1ccccc1-c1cccc2[cH-]c(CC(C)C)cc12.[B]N([Si](C)(C)C)[Si](C)(C)C.[Cl][Zr+2][Cl]. The van der Waals surface area contributed by atoms with E-state index in [1.165, 1.54) is 66.1 Å². The van der Waals surface area contributed by atoms with E-state index in [2.05, 4.69) is 194 Å². The van der Waals surface area contributed by atoms with E-state index in [1.807, 2.05) is 0 Å². The van der Waals surface area contributed by atoms with Crippen LogP contribution in [-0.2, 0) is 33.7 Å². The van der Waals surface area contributed by atoms with E-state index in [4.69, 9.17) is 25.0 Å². The van der Waals surface area contributed by atoms with Crippen LogP contribution >= 0.6 is 17.0 Å². The first-order chi connectivity index (χ1) is 24.9. The van der Waals surface area contributed by atoms with Gasteiger partial charge in [-0.25, -0.2) is 0 Å². The predicted octanol–water partition coefficient (Wildman–Crippen LogP) is 14.9. The predicted molar refractivity (Wildman–Crippen MR) is 243 cm³/mol. The molecule has 0 fully saturated rings. The molecule has 0 spiro atoms. The van der Waals surface area contributed by atoms with Crippen molar-refractivity contribution in [3.05, 3.63) is 131 Å². The zero-order chi connectivity index (χ0) is 39.5. The molecule has 0 bridgehead atoms. The molecule has 0 atom stereocenters. The Morgan fingerprint density at radius 2 is 0.887 bits per heavy atom. The number of rotatable bonds is 8. The van der Waals surface area contributed by atoms with Crippen molar-refractivity contribution in [3.8, 4) is 22.3 Å². The summed E-state index contributed by atoms with van der Waals surface area (Å²) < 4.78 is 2.15. The van der Waals surface area contributed by atoms with Crippen molar-refractivity contribution in [3.63, 3.8) is 0 Å². The van der Waals surface area contributed by atoms with Crippen LogP contribution < -0.4 is 0 Å². The van der Waals surface area contributed by atoms with Gasteiger partial charge in [0, 0.05) is 0 Å². The van der Waals surface area contributed by atoms with E-state index in [0.29, 0.717) is 11.8 Å². The van der Waals surface area contributed by atoms with Gasteiger partial charge in [0.1, 0.15) is 16.5 Å². The molecule has 0 saturated carbocycles. The van der Waals surface area contributed by atoms with Crippen molar-refractivity contribution >= 4 is 63.0 Å². The molecule has 0 N–H and O–H groups in total. The Balaban J connectivity index is 0.000000218. The molecule has 278 valence electrons. The quantitative estimate of drug-likeness (QED) is 0.109. The third-order valence-corrected chi connectivity index (χ3v) is 16.1. The molecule has 0 unspecified atom stereocenters. The molecule has 0 aromatic heterocycles. The summed E-state index contributed by atoms with van der Waals surface area (Å²) in [6.07, 6.45) is 2.31. The van der Waals surface area contributed by atoms with E-state index >= 15 is 0 Å². The van der Waals surface area contributed by atoms with Crippen LogP contribution in [0.1, 0.15) is 49.9 Å². The van der Waals surface area contributed by atoms with Crippen LogP contribution in [0.5, 0.6) is 0 Å². The van der Waals surface area contributed by atoms with Crippen LogP contribution in [-0.4, -0.2) is 28.6 Å². The van der Waals surface area contributed by atoms with Crippen molar-refractivity contribution in [1.82, 2.24) is 4.14 Å². The van der Waals surface area contributed by atoms with E-state index in [1.54, 1.807) is 0 Å². The zero-order valence-corrected chi connectivity index (χ0v) is 40.2. The third kappa shape index (κ3) is 13.6. The Morgan fingerprint density at radius 1 is 0.566 bits per heavy atom. The Labute approximate surface area is 344 Å². The molecule has 7 heteroatoms. The molecule has 2 radical (unpaired) electrons. The van der Waals surface area contributed by atoms with Gasteiger partial charge in [0.15, 0.2) is 7.98 Å². The van der Waals surface area contributed by atoms with Crippen molar-refractivity contribution in [2.75, 3.05) is 0 Å². The Bertz CT molecular complexity index is 1870. The second-order valence-corrected chi connectivity index (χ2v) is 30.8. The van der Waals surface area contributed by atoms with Crippen LogP contribution in [0.25, 0.3) is 43.8 Å². The topological polar surface area (TPSA) is 3.24 Å². The van der Waals surface area contributed by atoms with E-state index in [9.17, 15) is 0 Å². The summed E-state index contributed by atoms with van der Waals surface area (Å²) in [6, 6.07) is 40.0. The number of halogens is 2. The fourth-order valence-electron chi connectivity index (χ4n) is 7.00. The first-order valence-electron chi connectivity index (χ1n) is 18.9. The molecular formula is C46H60BCl2NSi2Zr. The van der Waals surface area contributed by atoms with Crippen LogP contribution in [0.2, 0.25) is 39.3 Å². The molecule has 0 amide bonds. The maximum absolute atomic E-state index is 5.98. The van der Waals surface area contributed by atoms with Crippen molar-refractivity contribution in [1.29, 1.82) is 0 Å². The molecule has 0 saturated heterocycles. The normalized spacial score (nSPS) is 11.5. The molecule has 6 aromatic rings. The molecule has 6 aromatic carbocycles. The summed E-state index contributed by atoms with van der Waals surface area (Å²) in [5.41, 5.74) is 11.0. The fraction of sp³-hybridized carbons (Fsp3) is 0.348. The van der Waals surface area contributed by atoms with Crippen LogP contribution in [0.4, 0.5) is 0 Å². The average Bonchev–Trinajstić information content (AvgIpc) is 3.67. The monoisotopic (exact) mass is 853 g/mol. The summed E-state index contributed by atoms with van der Waals surface area (Å²) in [6.45, 7) is 27.2. The Kier molecular flexibility index (Phi) is 17.8. The van der Waals surface area contributed by atoms with Crippen LogP contribution in [0.15, 0.2) is 109 Å². The number of fused-ring (bicyclic) bond motifs is 2. The first kappa shape index (κ1) is 45.4. The average molecular weight is 856 g/mol. The number of aryl methyl sites for hydroxylation is 2. The van der Waals surface area contributed by atoms with Gasteiger partial charge in [0.25, 0.3) is 0 Å². The minimum absolute atomic E-state index is 0.703. The summed E-state index contributed by atoms with van der Waals surface area (Å²) in [4.78, 5) is 0. The molecule has 6 rings (SSSR count). The Morgan fingerprint density at radius 3 is 1.17 bits per heavy atom. The molecule has 53 heavy (non-hydrogen) atoms. The fourth-order valence-corrected chi connectivity index (χ4v) is 15.0. The van der Waals surface area contributed by atoms with Gasteiger partial charge in [0.2, 0.25) is 0 Å². The number of hydrogen-bond acceptors (Lipinski definition) is 1. The van der Waals surface area contributed by atoms with Gasteiger partial charge in [-0.15, -0.1) is 69.1 Å². The molecule has 0 aliphatic heterocycles. The summed E-state index contributed by atoms with van der Waals surface area (Å²) in [5.74, 6) is 1.41. The Hall–Kier alpha value is -1.98. The molecule has 0 aliphatic carbocycles. The van der Waals surface area contributed by atoms with Gasteiger partial charge in [-0.3, -0.25) is 0 Å². The minimum atomic E-state index is -1.22. The summed E-state index contributed by atoms with van der Waals surface area (Å²) >= 11 is -0.826. The number of nitrogens with zero attached hydrogens (tertiary/aromatic N) is 1. The van der Waals surface area contributed by atoms with E-state index in [-0.39, 0.29) is 0 Å². The third-order valence-electron chi connectivity index (χ3n) is 9.22. The van der Waals surface area contributed by atoms with Gasteiger partial charge >= 0.3 is 37.9 Å². The van der Waals surface area contributed by atoms with Crippen LogP contribution in [0, 0.1) is 25.7 Å². The van der Waals surface area contributed by atoms with Gasteiger partial charge < -0.3 is 4.14 Å². The van der Waals surface area contributed by atoms with E-state index in [0.717, 1.165) is 12.8 Å². The standard InChI is InChI=1S/2C20H21.C6H18BNSi2.2ClH.Zr/c2*1-14(2)11-16-12-17-8-6-10-19(20(17)13-16)18-9-5-4-7-15(18)3;1-9(2,3)8(7)10(4,5)6;;;/h2*4-10,12-14H,11H2,1-3H3;1-6H3;2*1H;/q2*-1;;;;+4/p-2. The molecule has 1 nitrogen and oxygen atoms in total. The van der Waals surface area contributed by atoms with Crippen LogP contribution in [0.3, 0.4) is 0 Å². The molecular weight excluding hydrogens is 796 g/mol. The second kappa shape index (κ2) is 20.8. The van der Waals surface area contributed by atoms with Crippen molar-refractivity contribution < 1.29 is 20.8 Å². The summed E-state index contributed by atoms with van der Waals surface area (Å²) in [5, 5.41) is 5.50. The molecule has 0 heterocycles. The van der Waals surface area contributed by atoms with Gasteiger partial charge in [0.05, 0.1) is 0 Å². The van der Waals surface area contributed by atoms with E-state index < -0.39 is 37.3 Å². The number of benzene rings is 4. The van der Waals surface area contributed by atoms with Gasteiger partial charge in [-0.2, -0.15) is 12.1 Å². The van der Waals surface area contributed by atoms with Crippen molar-refractivity contribution in [2.24, 2.45) is 11.8 Å². The summed E-state index contributed by atoms with van der Waals surface area (Å²) in [7, 11) is 13.4. The first-order valence-corrected chi connectivity index (χ1v) is 32.1. The molecule has 0 aliphatic rings. The van der Waals surface area contributed by atoms with Gasteiger partial charge in [-0.05, 0) is 60.8 Å². The number of hydrogen-bond donors (Lipinski definition) is 0.